The number of amidine groups is 1. The Kier molecular flexibility index (Phi) is 7.88. The van der Waals surface area contributed by atoms with Gasteiger partial charge in [0.2, 0.25) is 6.34 Å². The Hall–Kier alpha value is -0.110. The van der Waals surface area contributed by atoms with E-state index in [2.05, 4.69) is 15.4 Å². The van der Waals surface area contributed by atoms with E-state index in [-0.39, 0.29) is 17.0 Å². The van der Waals surface area contributed by atoms with E-state index < -0.39 is 0 Å². The third-order valence-corrected chi connectivity index (χ3v) is 4.03. The normalized spacial score (nSPS) is 24.9. The van der Waals surface area contributed by atoms with Crippen molar-refractivity contribution in [1.82, 2.24) is 5.43 Å². The summed E-state index contributed by atoms with van der Waals surface area (Å²) in [6.45, 7) is 0.891. The molecule has 1 heterocycles. The molecule has 104 valence electrons. The minimum absolute atomic E-state index is 0. The predicted molar refractivity (Wildman–Crippen MR) is 70.9 cm³/mol. The molecule has 1 aliphatic heterocycles. The Morgan fingerprint density at radius 3 is 2.78 bits per heavy atom. The summed E-state index contributed by atoms with van der Waals surface area (Å²) in [5.74, 6) is 6.17. The number of nitrogens with one attached hydrogen (secondary N) is 2. The maximum atomic E-state index is 5.20. The van der Waals surface area contributed by atoms with Crippen LogP contribution in [0.2, 0.25) is 0 Å². The van der Waals surface area contributed by atoms with E-state index in [1.165, 1.54) is 38.4 Å². The molecule has 7 heteroatoms. The lowest BCUT2D eigenvalue weighted by atomic mass is 9.96. The van der Waals surface area contributed by atoms with Crippen molar-refractivity contribution >= 4 is 23.3 Å². The number of hydrazine groups is 1. The van der Waals surface area contributed by atoms with E-state index in [0.717, 1.165) is 17.5 Å². The van der Waals surface area contributed by atoms with Crippen molar-refractivity contribution in [3.63, 3.8) is 0 Å². The molecule has 0 aromatic carbocycles. The lowest BCUT2D eigenvalue weighted by molar-refractivity contribution is -0.505. The van der Waals surface area contributed by atoms with E-state index in [0.29, 0.717) is 12.1 Å². The fourth-order valence-corrected chi connectivity index (χ4v) is 2.88. The molecule has 0 aromatic heterocycles. The van der Waals surface area contributed by atoms with Crippen molar-refractivity contribution < 1.29 is 26.7 Å². The lowest BCUT2D eigenvalue weighted by Crippen LogP contribution is -3.00. The molecule has 0 aromatic rings. The van der Waals surface area contributed by atoms with Crippen LogP contribution in [0.15, 0.2) is 4.99 Å². The maximum Gasteiger partial charge on any atom is 0.354 e. The van der Waals surface area contributed by atoms with Crippen LogP contribution in [0.5, 0.6) is 0 Å². The quantitative estimate of drug-likeness (QED) is 0.163. The SMILES string of the molecule is NN/C=N/C(=[NH+]C1CCCCC1)SCC1CO1.[Br-]. The van der Waals surface area contributed by atoms with Crippen molar-refractivity contribution in [1.29, 1.82) is 0 Å². The van der Waals surface area contributed by atoms with E-state index >= 15 is 0 Å². The molecule has 2 aliphatic rings. The van der Waals surface area contributed by atoms with Crippen LogP contribution in [0.25, 0.3) is 0 Å². The number of nitrogens with two attached hydrogens (primary N) is 1. The molecule has 2 fully saturated rings. The molecule has 18 heavy (non-hydrogen) atoms. The van der Waals surface area contributed by atoms with Crippen molar-refractivity contribution in [2.45, 2.75) is 44.2 Å². The van der Waals surface area contributed by atoms with Crippen molar-refractivity contribution in [2.75, 3.05) is 12.4 Å². The minimum atomic E-state index is 0. The first-order valence-electron chi connectivity index (χ1n) is 6.25. The molecular formula is C11H21BrN4OS. The van der Waals surface area contributed by atoms with Crippen LogP contribution in [0, 0.1) is 0 Å². The molecule has 4 N–H and O–H groups in total. The van der Waals surface area contributed by atoms with E-state index in [4.69, 9.17) is 10.6 Å². The number of halogens is 1. The lowest BCUT2D eigenvalue weighted by Gasteiger charge is -2.15. The van der Waals surface area contributed by atoms with Gasteiger partial charge in [-0.1, -0.05) is 6.42 Å². The highest BCUT2D eigenvalue weighted by molar-refractivity contribution is 8.13. The number of rotatable bonds is 4. The Morgan fingerprint density at radius 2 is 2.17 bits per heavy atom. The van der Waals surface area contributed by atoms with Gasteiger partial charge in [-0.2, -0.15) is 0 Å². The molecule has 1 atom stereocenters. The summed E-state index contributed by atoms with van der Waals surface area (Å²) in [5.41, 5.74) is 2.44. The fraction of sp³-hybridized carbons (Fsp3) is 0.818. The van der Waals surface area contributed by atoms with Gasteiger partial charge in [0.1, 0.15) is 0 Å². The van der Waals surface area contributed by atoms with E-state index in [1.54, 1.807) is 11.8 Å². The largest absolute Gasteiger partial charge is 1.00 e. The Morgan fingerprint density at radius 1 is 1.44 bits per heavy atom. The molecule has 0 spiro atoms. The summed E-state index contributed by atoms with van der Waals surface area (Å²) < 4.78 is 5.20. The molecule has 0 radical (unpaired) electrons. The first-order chi connectivity index (χ1) is 8.38. The van der Waals surface area contributed by atoms with Gasteiger partial charge in [0, 0.05) is 5.75 Å². The second-order valence-corrected chi connectivity index (χ2v) is 5.48. The first kappa shape index (κ1) is 15.9. The predicted octanol–water partition coefficient (Wildman–Crippen LogP) is -3.62. The van der Waals surface area contributed by atoms with Crippen LogP contribution in [-0.2, 0) is 4.74 Å². The summed E-state index contributed by atoms with van der Waals surface area (Å²) in [5, 5.41) is 0.949. The maximum absolute atomic E-state index is 5.20. The van der Waals surface area contributed by atoms with Gasteiger partial charge in [0.15, 0.2) is 0 Å². The van der Waals surface area contributed by atoms with Crippen LogP contribution in [-0.4, -0.2) is 36.0 Å². The first-order valence-corrected chi connectivity index (χ1v) is 7.23. The Labute approximate surface area is 123 Å². The van der Waals surface area contributed by atoms with Gasteiger partial charge in [0.05, 0.1) is 18.8 Å². The third kappa shape index (κ3) is 6.17. The second-order valence-electron chi connectivity index (χ2n) is 4.48. The van der Waals surface area contributed by atoms with Gasteiger partial charge in [-0.25, -0.2) is 5.84 Å². The summed E-state index contributed by atoms with van der Waals surface area (Å²) in [7, 11) is 0. The van der Waals surface area contributed by atoms with Crippen molar-refractivity contribution in [3.8, 4) is 0 Å². The standard InChI is InChI=1S/C11H20N4OS.BrH/c12-14-8-13-11(17-7-10-6-16-10)15-9-4-2-1-3-5-9;/h8-10H,1-7,12H2,(H,13,14,15);1H. The van der Waals surface area contributed by atoms with Gasteiger partial charge in [-0.3, -0.25) is 10.4 Å². The van der Waals surface area contributed by atoms with Gasteiger partial charge in [0.25, 0.3) is 0 Å². The average Bonchev–Trinajstić information content (AvgIpc) is 3.18. The van der Waals surface area contributed by atoms with E-state index in [1.807, 2.05) is 0 Å². The van der Waals surface area contributed by atoms with Gasteiger partial charge in [-0.05, 0) is 42.4 Å². The number of ether oxygens (including phenoxy) is 1. The number of epoxide rings is 1. The van der Waals surface area contributed by atoms with Crippen molar-refractivity contribution in [2.24, 2.45) is 10.8 Å². The zero-order valence-corrected chi connectivity index (χ0v) is 12.8. The number of thioether (sulfide) groups is 1. The van der Waals surface area contributed by atoms with Crippen LogP contribution in [0.4, 0.5) is 0 Å². The van der Waals surface area contributed by atoms with Crippen LogP contribution < -0.4 is 33.2 Å². The third-order valence-electron chi connectivity index (χ3n) is 3.00. The summed E-state index contributed by atoms with van der Waals surface area (Å²) >= 11 is 1.71. The number of aliphatic imine (C=N–C) groups is 1. The van der Waals surface area contributed by atoms with Crippen LogP contribution in [0.3, 0.4) is 0 Å². The smallest absolute Gasteiger partial charge is 0.354 e. The number of hydrogen-bond donors (Lipinski definition) is 3. The molecule has 1 saturated carbocycles. The van der Waals surface area contributed by atoms with Crippen molar-refractivity contribution in [3.05, 3.63) is 0 Å². The summed E-state index contributed by atoms with van der Waals surface area (Å²) in [6.07, 6.45) is 8.44. The number of hydrogen-bond acceptors (Lipinski definition) is 3. The molecular weight excluding hydrogens is 316 g/mol. The van der Waals surface area contributed by atoms with Gasteiger partial charge in [-0.15, -0.1) is 0 Å². The van der Waals surface area contributed by atoms with Crippen LogP contribution in [0.1, 0.15) is 32.1 Å². The fourth-order valence-electron chi connectivity index (χ4n) is 1.97. The summed E-state index contributed by atoms with van der Waals surface area (Å²) in [4.78, 5) is 7.79. The molecule has 5 nitrogen and oxygen atoms in total. The molecule has 1 aliphatic carbocycles. The number of nitrogens with zero attached hydrogens (tertiary/aromatic N) is 1. The van der Waals surface area contributed by atoms with Crippen LogP contribution >= 0.6 is 11.8 Å². The highest BCUT2D eigenvalue weighted by Crippen LogP contribution is 2.17. The molecule has 1 saturated heterocycles. The molecule has 1 unspecified atom stereocenters. The summed E-state index contributed by atoms with van der Waals surface area (Å²) in [6, 6.07) is 0.571. The second kappa shape index (κ2) is 8.90. The minimum Gasteiger partial charge on any atom is -1.00 e. The Balaban J connectivity index is 0.00000162. The highest BCUT2D eigenvalue weighted by atomic mass is 79.9. The van der Waals surface area contributed by atoms with Gasteiger partial charge < -0.3 is 21.7 Å². The Bertz CT molecular complexity index is 291. The molecule has 0 amide bonds. The van der Waals surface area contributed by atoms with E-state index in [9.17, 15) is 0 Å². The molecule has 2 rings (SSSR count). The highest BCUT2D eigenvalue weighted by Gasteiger charge is 2.25. The monoisotopic (exact) mass is 336 g/mol. The topological polar surface area (TPSA) is 76.9 Å². The zero-order valence-electron chi connectivity index (χ0n) is 10.4. The van der Waals surface area contributed by atoms with Gasteiger partial charge >= 0.3 is 5.17 Å². The average molecular weight is 337 g/mol. The zero-order chi connectivity index (χ0) is 11.9. The molecule has 0 bridgehead atoms.